The second kappa shape index (κ2) is 7.89. The average molecular weight is 309 g/mol. The van der Waals surface area contributed by atoms with Gasteiger partial charge in [0.25, 0.3) is 0 Å². The lowest BCUT2D eigenvalue weighted by Crippen LogP contribution is -2.25. The number of hydrogen-bond acceptors (Lipinski definition) is 5. The van der Waals surface area contributed by atoms with Crippen LogP contribution in [-0.2, 0) is 9.53 Å². The normalized spacial score (nSPS) is 17.7. The first-order chi connectivity index (χ1) is 10.7. The molecule has 1 unspecified atom stereocenters. The van der Waals surface area contributed by atoms with E-state index in [1.165, 1.54) is 0 Å². The maximum Gasteiger partial charge on any atom is 0.226 e. The summed E-state index contributed by atoms with van der Waals surface area (Å²) in [6.07, 6.45) is 3.49. The summed E-state index contributed by atoms with van der Waals surface area (Å²) in [5.41, 5.74) is 0.607. The summed E-state index contributed by atoms with van der Waals surface area (Å²) in [5, 5.41) is 2.86. The summed E-state index contributed by atoms with van der Waals surface area (Å²) in [4.78, 5) is 12.1. The number of anilines is 1. The van der Waals surface area contributed by atoms with Crippen molar-refractivity contribution in [1.29, 1.82) is 0 Å². The predicted octanol–water partition coefficient (Wildman–Crippen LogP) is 2.61. The van der Waals surface area contributed by atoms with E-state index in [2.05, 4.69) is 5.32 Å². The Balaban J connectivity index is 2.06. The smallest absolute Gasteiger partial charge is 0.226 e. The van der Waals surface area contributed by atoms with Crippen molar-refractivity contribution in [3.8, 4) is 17.2 Å². The minimum absolute atomic E-state index is 0.00999. The largest absolute Gasteiger partial charge is 0.493 e. The molecule has 1 N–H and O–H groups in total. The molecule has 1 atom stereocenters. The van der Waals surface area contributed by atoms with Crippen LogP contribution >= 0.6 is 0 Å². The van der Waals surface area contributed by atoms with Gasteiger partial charge in [0.05, 0.1) is 33.9 Å². The topological polar surface area (TPSA) is 66.0 Å². The van der Waals surface area contributed by atoms with Crippen LogP contribution < -0.4 is 19.5 Å². The van der Waals surface area contributed by atoms with Crippen LogP contribution in [0.4, 0.5) is 5.69 Å². The zero-order valence-electron chi connectivity index (χ0n) is 13.3. The van der Waals surface area contributed by atoms with E-state index in [-0.39, 0.29) is 12.0 Å². The van der Waals surface area contributed by atoms with Crippen molar-refractivity contribution in [2.75, 3.05) is 33.3 Å². The molecule has 1 heterocycles. The van der Waals surface area contributed by atoms with Crippen LogP contribution in [0.3, 0.4) is 0 Å². The summed E-state index contributed by atoms with van der Waals surface area (Å²) in [6.45, 7) is 0.738. The molecule has 1 aromatic carbocycles. The average Bonchev–Trinajstić information content (AvgIpc) is 2.54. The predicted molar refractivity (Wildman–Crippen MR) is 82.9 cm³/mol. The molecule has 122 valence electrons. The number of hydrogen-bond donors (Lipinski definition) is 1. The third-order valence-corrected chi connectivity index (χ3v) is 3.64. The fraction of sp³-hybridized carbons (Fsp3) is 0.562. The number of carbonyl (C=O) groups excluding carboxylic acids is 1. The van der Waals surface area contributed by atoms with Gasteiger partial charge in [0.2, 0.25) is 11.7 Å². The van der Waals surface area contributed by atoms with Crippen LogP contribution in [0.5, 0.6) is 17.2 Å². The Bertz CT molecular complexity index is 486. The Labute approximate surface area is 130 Å². The summed E-state index contributed by atoms with van der Waals surface area (Å²) in [7, 11) is 4.62. The van der Waals surface area contributed by atoms with E-state index in [1.54, 1.807) is 33.5 Å². The van der Waals surface area contributed by atoms with Crippen LogP contribution in [0.15, 0.2) is 12.1 Å². The Morgan fingerprint density at radius 2 is 1.86 bits per heavy atom. The van der Waals surface area contributed by atoms with Gasteiger partial charge >= 0.3 is 0 Å². The van der Waals surface area contributed by atoms with Gasteiger partial charge < -0.3 is 24.3 Å². The second-order valence-electron chi connectivity index (χ2n) is 5.15. The van der Waals surface area contributed by atoms with Crippen LogP contribution in [0.1, 0.15) is 25.7 Å². The van der Waals surface area contributed by atoms with E-state index < -0.39 is 0 Å². The zero-order chi connectivity index (χ0) is 15.9. The van der Waals surface area contributed by atoms with Gasteiger partial charge in [0.1, 0.15) is 0 Å². The highest BCUT2D eigenvalue weighted by molar-refractivity contribution is 5.91. The monoisotopic (exact) mass is 309 g/mol. The van der Waals surface area contributed by atoms with E-state index in [1.807, 2.05) is 0 Å². The number of amides is 1. The van der Waals surface area contributed by atoms with E-state index in [0.717, 1.165) is 25.9 Å². The first kappa shape index (κ1) is 16.4. The van der Waals surface area contributed by atoms with Gasteiger partial charge in [0.15, 0.2) is 11.5 Å². The zero-order valence-corrected chi connectivity index (χ0v) is 13.3. The van der Waals surface area contributed by atoms with Gasteiger partial charge in [-0.15, -0.1) is 0 Å². The van der Waals surface area contributed by atoms with Crippen molar-refractivity contribution in [2.24, 2.45) is 0 Å². The molecule has 1 aliphatic rings. The molecule has 1 saturated heterocycles. The Hall–Kier alpha value is -1.95. The second-order valence-corrected chi connectivity index (χ2v) is 5.15. The van der Waals surface area contributed by atoms with Crippen molar-refractivity contribution >= 4 is 11.6 Å². The maximum atomic E-state index is 12.1. The fourth-order valence-electron chi connectivity index (χ4n) is 2.54. The molecule has 22 heavy (non-hydrogen) atoms. The third kappa shape index (κ3) is 4.04. The SMILES string of the molecule is COc1cc(NC(=O)CC2CCCCO2)cc(OC)c1OC. The quantitative estimate of drug-likeness (QED) is 0.875. The van der Waals surface area contributed by atoms with Crippen molar-refractivity contribution < 1.29 is 23.7 Å². The lowest BCUT2D eigenvalue weighted by molar-refractivity contribution is -0.119. The number of carbonyl (C=O) groups is 1. The molecular formula is C16H23NO5. The van der Waals surface area contributed by atoms with E-state index in [9.17, 15) is 4.79 Å². The van der Waals surface area contributed by atoms with Crippen LogP contribution in [0.25, 0.3) is 0 Å². The number of ether oxygens (including phenoxy) is 4. The molecule has 1 aliphatic heterocycles. The summed E-state index contributed by atoms with van der Waals surface area (Å²) >= 11 is 0. The molecule has 0 aliphatic carbocycles. The first-order valence-electron chi connectivity index (χ1n) is 7.39. The molecule has 1 fully saturated rings. The number of nitrogens with one attached hydrogen (secondary N) is 1. The molecule has 1 aromatic rings. The molecule has 0 spiro atoms. The van der Waals surface area contributed by atoms with Gasteiger partial charge in [-0.1, -0.05) is 0 Å². The molecule has 1 amide bonds. The molecule has 0 radical (unpaired) electrons. The summed E-state index contributed by atoms with van der Waals surface area (Å²) in [6, 6.07) is 3.42. The summed E-state index contributed by atoms with van der Waals surface area (Å²) in [5.74, 6) is 1.43. The summed E-state index contributed by atoms with van der Waals surface area (Å²) < 4.78 is 21.4. The highest BCUT2D eigenvalue weighted by atomic mass is 16.5. The van der Waals surface area contributed by atoms with Crippen molar-refractivity contribution in [3.05, 3.63) is 12.1 Å². The third-order valence-electron chi connectivity index (χ3n) is 3.64. The molecule has 0 bridgehead atoms. The minimum Gasteiger partial charge on any atom is -0.493 e. The number of rotatable bonds is 6. The van der Waals surface area contributed by atoms with Gasteiger partial charge in [-0.2, -0.15) is 0 Å². The van der Waals surface area contributed by atoms with Gasteiger partial charge in [-0.3, -0.25) is 4.79 Å². The Kier molecular flexibility index (Phi) is 5.89. The Morgan fingerprint density at radius 1 is 1.18 bits per heavy atom. The highest BCUT2D eigenvalue weighted by Crippen LogP contribution is 2.39. The number of benzene rings is 1. The minimum atomic E-state index is -0.0822. The van der Waals surface area contributed by atoms with E-state index in [4.69, 9.17) is 18.9 Å². The van der Waals surface area contributed by atoms with E-state index >= 15 is 0 Å². The van der Waals surface area contributed by atoms with Crippen molar-refractivity contribution in [1.82, 2.24) is 0 Å². The van der Waals surface area contributed by atoms with Gasteiger partial charge in [-0.25, -0.2) is 0 Å². The Morgan fingerprint density at radius 3 is 2.36 bits per heavy atom. The van der Waals surface area contributed by atoms with Gasteiger partial charge in [0, 0.05) is 24.4 Å². The van der Waals surface area contributed by atoms with Crippen molar-refractivity contribution in [3.63, 3.8) is 0 Å². The first-order valence-corrected chi connectivity index (χ1v) is 7.39. The molecule has 0 saturated carbocycles. The van der Waals surface area contributed by atoms with Crippen LogP contribution in [0, 0.1) is 0 Å². The van der Waals surface area contributed by atoms with E-state index in [0.29, 0.717) is 29.4 Å². The molecular weight excluding hydrogens is 286 g/mol. The molecule has 2 rings (SSSR count). The molecule has 6 heteroatoms. The highest BCUT2D eigenvalue weighted by Gasteiger charge is 2.19. The molecule has 0 aromatic heterocycles. The maximum absolute atomic E-state index is 12.1. The fourth-order valence-corrected chi connectivity index (χ4v) is 2.54. The lowest BCUT2D eigenvalue weighted by Gasteiger charge is -2.22. The molecule has 6 nitrogen and oxygen atoms in total. The number of methoxy groups -OCH3 is 3. The van der Waals surface area contributed by atoms with Crippen LogP contribution in [-0.4, -0.2) is 39.9 Å². The van der Waals surface area contributed by atoms with Crippen LogP contribution in [0.2, 0.25) is 0 Å². The standard InChI is InChI=1S/C16H23NO5/c1-19-13-8-11(9-14(20-2)16(13)21-3)17-15(18)10-12-6-4-5-7-22-12/h8-9,12H,4-7,10H2,1-3H3,(H,17,18). The van der Waals surface area contributed by atoms with Gasteiger partial charge in [-0.05, 0) is 19.3 Å². The van der Waals surface area contributed by atoms with Crippen molar-refractivity contribution in [2.45, 2.75) is 31.8 Å². The lowest BCUT2D eigenvalue weighted by atomic mass is 10.1.